The summed E-state index contributed by atoms with van der Waals surface area (Å²) in [5.41, 5.74) is -1.01. The van der Waals surface area contributed by atoms with Gasteiger partial charge in [-0.1, -0.05) is 0 Å². The molecule has 0 spiro atoms. The predicted octanol–water partition coefficient (Wildman–Crippen LogP) is 1.52. The third-order valence-electron chi connectivity index (χ3n) is 2.90. The van der Waals surface area contributed by atoms with Gasteiger partial charge < -0.3 is 4.90 Å². The van der Waals surface area contributed by atoms with Crippen molar-refractivity contribution in [3.05, 3.63) is 0 Å². The first-order valence-electron chi connectivity index (χ1n) is 5.28. The van der Waals surface area contributed by atoms with Gasteiger partial charge in [0.25, 0.3) is 0 Å². The van der Waals surface area contributed by atoms with Gasteiger partial charge in [-0.3, -0.25) is 5.32 Å². The molecule has 3 nitrogen and oxygen atoms in total. The summed E-state index contributed by atoms with van der Waals surface area (Å²) in [6, 6.07) is 2.01. The highest BCUT2D eigenvalue weighted by Gasteiger charge is 2.36. The average molecular weight is 235 g/mol. The Morgan fingerprint density at radius 3 is 2.62 bits per heavy atom. The lowest BCUT2D eigenvalue weighted by molar-refractivity contribution is -0.127. The zero-order chi connectivity index (χ0) is 12.2. The Balaban J connectivity index is 2.59. The lowest BCUT2D eigenvalue weighted by Crippen LogP contribution is -2.48. The van der Waals surface area contributed by atoms with E-state index < -0.39 is 18.3 Å². The average Bonchev–Trinajstić information content (AvgIpc) is 2.38. The van der Waals surface area contributed by atoms with Crippen LogP contribution in [-0.2, 0) is 0 Å². The number of halogens is 3. The zero-order valence-electron chi connectivity index (χ0n) is 9.27. The van der Waals surface area contributed by atoms with Gasteiger partial charge in [0.05, 0.1) is 12.6 Å². The standard InChI is InChI=1S/C10H16F3N3/c1-16-5-2-3-9(7-14,4-6-16)15-8-10(11,12)13/h15H,2-6,8H2,1H3. The van der Waals surface area contributed by atoms with Gasteiger partial charge in [-0.05, 0) is 32.9 Å². The number of nitrogens with one attached hydrogen (secondary N) is 1. The molecule has 0 aromatic carbocycles. The van der Waals surface area contributed by atoms with Crippen LogP contribution in [0.15, 0.2) is 0 Å². The molecule has 0 aliphatic carbocycles. The number of nitrogens with zero attached hydrogens (tertiary/aromatic N) is 2. The first-order valence-corrected chi connectivity index (χ1v) is 5.28. The van der Waals surface area contributed by atoms with Crippen molar-refractivity contribution in [2.24, 2.45) is 0 Å². The summed E-state index contributed by atoms with van der Waals surface area (Å²) < 4.78 is 36.3. The molecule has 1 N–H and O–H groups in total. The molecule has 0 amide bonds. The highest BCUT2D eigenvalue weighted by molar-refractivity contribution is 5.08. The minimum absolute atomic E-state index is 0.441. The minimum atomic E-state index is -4.26. The van der Waals surface area contributed by atoms with E-state index in [0.717, 1.165) is 13.0 Å². The predicted molar refractivity (Wildman–Crippen MR) is 53.7 cm³/mol. The summed E-state index contributed by atoms with van der Waals surface area (Å²) in [5.74, 6) is 0. The number of hydrogen-bond acceptors (Lipinski definition) is 3. The van der Waals surface area contributed by atoms with Gasteiger partial charge in [0, 0.05) is 6.54 Å². The van der Waals surface area contributed by atoms with Crippen molar-refractivity contribution in [3.8, 4) is 6.07 Å². The Hall–Kier alpha value is -0.800. The number of nitriles is 1. The molecule has 1 aliphatic rings. The van der Waals surface area contributed by atoms with Crippen LogP contribution in [0, 0.1) is 11.3 Å². The molecule has 0 saturated carbocycles. The first-order chi connectivity index (χ1) is 7.37. The molecule has 1 rings (SSSR count). The second-order valence-electron chi connectivity index (χ2n) is 4.32. The summed E-state index contributed by atoms with van der Waals surface area (Å²) >= 11 is 0. The SMILES string of the molecule is CN1CCCC(C#N)(NCC(F)(F)F)CC1. The fourth-order valence-electron chi connectivity index (χ4n) is 1.87. The Kier molecular flexibility index (Phi) is 4.16. The molecule has 1 unspecified atom stereocenters. The van der Waals surface area contributed by atoms with E-state index in [2.05, 4.69) is 5.32 Å². The van der Waals surface area contributed by atoms with Gasteiger partial charge in [0.2, 0.25) is 0 Å². The lowest BCUT2D eigenvalue weighted by Gasteiger charge is -2.27. The second kappa shape index (κ2) is 5.02. The van der Waals surface area contributed by atoms with Gasteiger partial charge in [-0.15, -0.1) is 0 Å². The van der Waals surface area contributed by atoms with E-state index in [1.54, 1.807) is 0 Å². The maximum absolute atomic E-state index is 12.1. The molecular weight excluding hydrogens is 219 g/mol. The van der Waals surface area contributed by atoms with Crippen LogP contribution in [0.3, 0.4) is 0 Å². The van der Waals surface area contributed by atoms with E-state index >= 15 is 0 Å². The van der Waals surface area contributed by atoms with E-state index in [0.29, 0.717) is 19.4 Å². The third-order valence-corrected chi connectivity index (χ3v) is 2.90. The summed E-state index contributed by atoms with van der Waals surface area (Å²) in [6.45, 7) is 0.389. The molecule has 0 bridgehead atoms. The molecule has 1 saturated heterocycles. The quantitative estimate of drug-likeness (QED) is 0.788. The maximum atomic E-state index is 12.1. The molecule has 16 heavy (non-hydrogen) atoms. The van der Waals surface area contributed by atoms with Crippen LogP contribution in [-0.4, -0.2) is 43.3 Å². The number of alkyl halides is 3. The Labute approximate surface area is 93.2 Å². The molecule has 6 heteroatoms. The number of likely N-dealkylation sites (tertiary alicyclic amines) is 1. The molecular formula is C10H16F3N3. The van der Waals surface area contributed by atoms with Crippen LogP contribution in [0.2, 0.25) is 0 Å². The zero-order valence-corrected chi connectivity index (χ0v) is 9.27. The van der Waals surface area contributed by atoms with Gasteiger partial charge in [-0.2, -0.15) is 18.4 Å². The van der Waals surface area contributed by atoms with Crippen molar-refractivity contribution in [1.82, 2.24) is 10.2 Å². The topological polar surface area (TPSA) is 39.1 Å². The molecule has 1 aliphatic heterocycles. The molecule has 92 valence electrons. The van der Waals surface area contributed by atoms with Crippen molar-refractivity contribution in [1.29, 1.82) is 5.26 Å². The minimum Gasteiger partial charge on any atom is -0.306 e. The number of hydrogen-bond donors (Lipinski definition) is 1. The van der Waals surface area contributed by atoms with E-state index in [-0.39, 0.29) is 0 Å². The first kappa shape index (κ1) is 13.3. The van der Waals surface area contributed by atoms with E-state index in [4.69, 9.17) is 5.26 Å². The lowest BCUT2D eigenvalue weighted by atomic mass is 9.92. The van der Waals surface area contributed by atoms with Crippen molar-refractivity contribution < 1.29 is 13.2 Å². The molecule has 0 aromatic rings. The smallest absolute Gasteiger partial charge is 0.306 e. The van der Waals surface area contributed by atoms with Crippen molar-refractivity contribution >= 4 is 0 Å². The summed E-state index contributed by atoms with van der Waals surface area (Å²) in [4.78, 5) is 2.04. The second-order valence-corrected chi connectivity index (χ2v) is 4.32. The van der Waals surface area contributed by atoms with Gasteiger partial charge in [0.15, 0.2) is 0 Å². The molecule has 1 heterocycles. The van der Waals surface area contributed by atoms with E-state index in [1.807, 2.05) is 18.0 Å². The molecule has 0 radical (unpaired) electrons. The van der Waals surface area contributed by atoms with Gasteiger partial charge >= 0.3 is 6.18 Å². The van der Waals surface area contributed by atoms with Crippen LogP contribution in [0.1, 0.15) is 19.3 Å². The van der Waals surface area contributed by atoms with Crippen LogP contribution < -0.4 is 5.32 Å². The van der Waals surface area contributed by atoms with Gasteiger partial charge in [0.1, 0.15) is 5.54 Å². The summed E-state index contributed by atoms with van der Waals surface area (Å²) in [7, 11) is 1.91. The van der Waals surface area contributed by atoms with E-state index in [1.165, 1.54) is 0 Å². The highest BCUT2D eigenvalue weighted by Crippen LogP contribution is 2.23. The largest absolute Gasteiger partial charge is 0.401 e. The Bertz CT molecular complexity index is 271. The molecule has 0 aromatic heterocycles. The third kappa shape index (κ3) is 3.99. The Morgan fingerprint density at radius 1 is 1.38 bits per heavy atom. The van der Waals surface area contributed by atoms with Crippen molar-refractivity contribution in [2.45, 2.75) is 31.0 Å². The van der Waals surface area contributed by atoms with Gasteiger partial charge in [-0.25, -0.2) is 0 Å². The van der Waals surface area contributed by atoms with Crippen LogP contribution in [0.5, 0.6) is 0 Å². The van der Waals surface area contributed by atoms with Crippen LogP contribution in [0.4, 0.5) is 13.2 Å². The van der Waals surface area contributed by atoms with Crippen LogP contribution in [0.25, 0.3) is 0 Å². The van der Waals surface area contributed by atoms with E-state index in [9.17, 15) is 13.2 Å². The molecule has 1 fully saturated rings. The van der Waals surface area contributed by atoms with Crippen molar-refractivity contribution in [3.63, 3.8) is 0 Å². The molecule has 1 atom stereocenters. The van der Waals surface area contributed by atoms with Crippen molar-refractivity contribution in [2.75, 3.05) is 26.7 Å². The van der Waals surface area contributed by atoms with Crippen LogP contribution >= 0.6 is 0 Å². The fourth-order valence-corrected chi connectivity index (χ4v) is 1.87. The Morgan fingerprint density at radius 2 is 2.06 bits per heavy atom. The summed E-state index contributed by atoms with van der Waals surface area (Å²) in [6.07, 6.45) is -2.60. The summed E-state index contributed by atoms with van der Waals surface area (Å²) in [5, 5.41) is 11.4. The highest BCUT2D eigenvalue weighted by atomic mass is 19.4. The maximum Gasteiger partial charge on any atom is 0.401 e. The fraction of sp³-hybridized carbons (Fsp3) is 0.900. The normalized spacial score (nSPS) is 28.4. The monoisotopic (exact) mass is 235 g/mol. The number of rotatable bonds is 2.